The van der Waals surface area contributed by atoms with Crippen molar-refractivity contribution in [3.63, 3.8) is 0 Å². The average molecular weight is 226 g/mol. The van der Waals surface area contributed by atoms with E-state index in [1.165, 1.54) is 17.5 Å². The van der Waals surface area contributed by atoms with Gasteiger partial charge in [0.25, 0.3) is 0 Å². The van der Waals surface area contributed by atoms with E-state index >= 15 is 0 Å². The molecule has 1 fully saturated rings. The van der Waals surface area contributed by atoms with Crippen LogP contribution < -0.4 is 10.1 Å². The van der Waals surface area contributed by atoms with Crippen LogP contribution in [0.15, 0.2) is 12.1 Å². The predicted molar refractivity (Wildman–Crippen MR) is 63.0 cm³/mol. The lowest BCUT2D eigenvalue weighted by molar-refractivity contribution is 0.414. The lowest BCUT2D eigenvalue weighted by atomic mass is 9.94. The van der Waals surface area contributed by atoms with Gasteiger partial charge in [0.2, 0.25) is 0 Å². The summed E-state index contributed by atoms with van der Waals surface area (Å²) in [4.78, 5) is 0. The molecule has 0 spiro atoms. The molecule has 1 aliphatic heterocycles. The second-order valence-electron chi connectivity index (χ2n) is 4.03. The maximum Gasteiger partial charge on any atom is 0.137 e. The zero-order valence-corrected chi connectivity index (χ0v) is 9.90. The molecule has 1 heterocycles. The average Bonchev–Trinajstić information content (AvgIpc) is 2.71. The number of hydrogen-bond donors (Lipinski definition) is 1. The topological polar surface area (TPSA) is 21.3 Å². The quantitative estimate of drug-likeness (QED) is 0.836. The van der Waals surface area contributed by atoms with E-state index in [2.05, 4.69) is 18.3 Å². The normalized spacial score (nSPS) is 20.6. The van der Waals surface area contributed by atoms with Gasteiger partial charge in [0.1, 0.15) is 5.75 Å². The first-order valence-electron chi connectivity index (χ1n) is 5.27. The molecule has 1 saturated heterocycles. The third-order valence-corrected chi connectivity index (χ3v) is 3.34. The van der Waals surface area contributed by atoms with E-state index in [9.17, 15) is 0 Å². The van der Waals surface area contributed by atoms with Crippen LogP contribution in [0.2, 0.25) is 5.02 Å². The second-order valence-corrected chi connectivity index (χ2v) is 4.44. The molecular weight excluding hydrogens is 210 g/mol. The smallest absolute Gasteiger partial charge is 0.137 e. The van der Waals surface area contributed by atoms with Crippen LogP contribution in [0.5, 0.6) is 5.75 Å². The molecule has 0 aromatic heterocycles. The van der Waals surface area contributed by atoms with Crippen molar-refractivity contribution < 1.29 is 4.74 Å². The molecular formula is C12H16ClNO. The van der Waals surface area contributed by atoms with Gasteiger partial charge in [0, 0.05) is 6.54 Å². The standard InChI is InChI=1S/C12H16ClNO/c1-8-5-11(13)12(15-2)6-10(8)9-3-4-14-7-9/h5-6,9,14H,3-4,7H2,1-2H3. The summed E-state index contributed by atoms with van der Waals surface area (Å²) in [5.74, 6) is 1.39. The second kappa shape index (κ2) is 4.42. The maximum atomic E-state index is 6.07. The highest BCUT2D eigenvalue weighted by Gasteiger charge is 2.19. The van der Waals surface area contributed by atoms with Gasteiger partial charge >= 0.3 is 0 Å². The summed E-state index contributed by atoms with van der Waals surface area (Å²) in [5.41, 5.74) is 2.62. The number of benzene rings is 1. The number of nitrogens with one attached hydrogen (secondary N) is 1. The summed E-state index contributed by atoms with van der Waals surface area (Å²) in [6, 6.07) is 4.07. The number of methoxy groups -OCH3 is 1. The van der Waals surface area contributed by atoms with Crippen LogP contribution >= 0.6 is 11.6 Å². The summed E-state index contributed by atoms with van der Waals surface area (Å²) < 4.78 is 5.25. The van der Waals surface area contributed by atoms with Crippen LogP contribution in [0.3, 0.4) is 0 Å². The first-order valence-corrected chi connectivity index (χ1v) is 5.65. The van der Waals surface area contributed by atoms with E-state index in [0.717, 1.165) is 18.8 Å². The van der Waals surface area contributed by atoms with Gasteiger partial charge in [-0.2, -0.15) is 0 Å². The summed E-state index contributed by atoms with van der Waals surface area (Å²) in [7, 11) is 1.66. The minimum absolute atomic E-state index is 0.608. The Morgan fingerprint density at radius 1 is 1.47 bits per heavy atom. The van der Waals surface area contributed by atoms with Gasteiger partial charge in [-0.15, -0.1) is 0 Å². The third-order valence-electron chi connectivity index (χ3n) is 3.04. The van der Waals surface area contributed by atoms with Crippen LogP contribution in [0.4, 0.5) is 0 Å². The molecule has 2 nitrogen and oxygen atoms in total. The number of ether oxygens (including phenoxy) is 1. The Hall–Kier alpha value is -0.730. The Morgan fingerprint density at radius 3 is 2.87 bits per heavy atom. The molecule has 1 N–H and O–H groups in total. The molecule has 15 heavy (non-hydrogen) atoms. The van der Waals surface area contributed by atoms with Gasteiger partial charge in [-0.3, -0.25) is 0 Å². The van der Waals surface area contributed by atoms with Crippen molar-refractivity contribution in [1.29, 1.82) is 0 Å². The fourth-order valence-electron chi connectivity index (χ4n) is 2.18. The van der Waals surface area contributed by atoms with Crippen LogP contribution in [0.25, 0.3) is 0 Å². The molecule has 1 aromatic carbocycles. The Morgan fingerprint density at radius 2 is 2.27 bits per heavy atom. The Bertz CT molecular complexity index is 359. The van der Waals surface area contributed by atoms with E-state index in [1.54, 1.807) is 7.11 Å². The first kappa shape index (κ1) is 10.8. The number of rotatable bonds is 2. The summed E-state index contributed by atoms with van der Waals surface area (Å²) in [6.45, 7) is 4.28. The zero-order chi connectivity index (χ0) is 10.8. The van der Waals surface area contributed by atoms with Crippen molar-refractivity contribution in [2.75, 3.05) is 20.2 Å². The van der Waals surface area contributed by atoms with Crippen LogP contribution in [0.1, 0.15) is 23.5 Å². The monoisotopic (exact) mass is 225 g/mol. The van der Waals surface area contributed by atoms with Crippen LogP contribution in [-0.4, -0.2) is 20.2 Å². The highest BCUT2D eigenvalue weighted by atomic mass is 35.5. The molecule has 1 unspecified atom stereocenters. The van der Waals surface area contributed by atoms with E-state index in [-0.39, 0.29) is 0 Å². The summed E-state index contributed by atoms with van der Waals surface area (Å²) in [6.07, 6.45) is 1.20. The fraction of sp³-hybridized carbons (Fsp3) is 0.500. The van der Waals surface area contributed by atoms with Gasteiger partial charge in [-0.05, 0) is 49.1 Å². The Kier molecular flexibility index (Phi) is 3.17. The number of hydrogen-bond acceptors (Lipinski definition) is 2. The van der Waals surface area contributed by atoms with Gasteiger partial charge in [-0.25, -0.2) is 0 Å². The van der Waals surface area contributed by atoms with Crippen LogP contribution in [-0.2, 0) is 0 Å². The lowest BCUT2D eigenvalue weighted by Gasteiger charge is -2.15. The van der Waals surface area contributed by atoms with Crippen molar-refractivity contribution in [2.45, 2.75) is 19.3 Å². The minimum Gasteiger partial charge on any atom is -0.495 e. The SMILES string of the molecule is COc1cc(C2CCNC2)c(C)cc1Cl. The van der Waals surface area contributed by atoms with Crippen molar-refractivity contribution >= 4 is 11.6 Å². The molecule has 1 aliphatic rings. The summed E-state index contributed by atoms with van der Waals surface area (Å²) >= 11 is 6.07. The van der Waals surface area contributed by atoms with Gasteiger partial charge < -0.3 is 10.1 Å². The Labute approximate surface area is 95.6 Å². The van der Waals surface area contributed by atoms with Crippen molar-refractivity contribution in [2.24, 2.45) is 0 Å². The first-order chi connectivity index (χ1) is 7.22. The number of halogens is 1. The van der Waals surface area contributed by atoms with E-state index in [4.69, 9.17) is 16.3 Å². The van der Waals surface area contributed by atoms with Crippen LogP contribution in [0, 0.1) is 6.92 Å². The molecule has 82 valence electrons. The van der Waals surface area contributed by atoms with Gasteiger partial charge in [0.15, 0.2) is 0 Å². The largest absolute Gasteiger partial charge is 0.495 e. The molecule has 0 radical (unpaired) electrons. The van der Waals surface area contributed by atoms with Crippen molar-refractivity contribution in [1.82, 2.24) is 5.32 Å². The van der Waals surface area contributed by atoms with E-state index < -0.39 is 0 Å². The maximum absolute atomic E-state index is 6.07. The predicted octanol–water partition coefficient (Wildman–Crippen LogP) is 2.73. The van der Waals surface area contributed by atoms with Gasteiger partial charge in [0.05, 0.1) is 12.1 Å². The molecule has 0 saturated carbocycles. The molecule has 3 heteroatoms. The minimum atomic E-state index is 0.608. The molecule has 0 bridgehead atoms. The molecule has 0 amide bonds. The highest BCUT2D eigenvalue weighted by Crippen LogP contribution is 2.33. The van der Waals surface area contributed by atoms with E-state index in [1.807, 2.05) is 6.07 Å². The van der Waals surface area contributed by atoms with Crippen molar-refractivity contribution in [3.8, 4) is 5.75 Å². The molecule has 0 aliphatic carbocycles. The summed E-state index contributed by atoms with van der Waals surface area (Å²) in [5, 5.41) is 4.08. The fourth-order valence-corrected chi connectivity index (χ4v) is 2.48. The lowest BCUT2D eigenvalue weighted by Crippen LogP contribution is -2.08. The molecule has 1 aromatic rings. The molecule has 1 atom stereocenters. The zero-order valence-electron chi connectivity index (χ0n) is 9.14. The van der Waals surface area contributed by atoms with Crippen molar-refractivity contribution in [3.05, 3.63) is 28.3 Å². The highest BCUT2D eigenvalue weighted by molar-refractivity contribution is 6.32. The molecule has 2 rings (SSSR count). The van der Waals surface area contributed by atoms with Gasteiger partial charge in [-0.1, -0.05) is 11.6 Å². The van der Waals surface area contributed by atoms with E-state index in [0.29, 0.717) is 10.9 Å². The number of aryl methyl sites for hydroxylation is 1. The Balaban J connectivity index is 2.37. The third kappa shape index (κ3) is 2.11.